The summed E-state index contributed by atoms with van der Waals surface area (Å²) < 4.78 is 5.07. The van der Waals surface area contributed by atoms with E-state index in [1.165, 1.54) is 37.9 Å². The Hall–Kier alpha value is -2.79. The van der Waals surface area contributed by atoms with Crippen molar-refractivity contribution in [2.45, 2.75) is 62.8 Å². The molecule has 0 aliphatic heterocycles. The molecule has 0 aromatic heterocycles. The first-order valence-electron chi connectivity index (χ1n) is 10.5. The maximum absolute atomic E-state index is 12.5. The van der Waals surface area contributed by atoms with Gasteiger partial charge < -0.3 is 15.8 Å². The summed E-state index contributed by atoms with van der Waals surface area (Å²) in [4.78, 5) is 37.5. The normalized spacial score (nSPS) is 15.6. The fourth-order valence-corrected chi connectivity index (χ4v) is 4.28. The summed E-state index contributed by atoms with van der Waals surface area (Å²) in [5.41, 5.74) is 5.62. The lowest BCUT2D eigenvalue weighted by Gasteiger charge is -2.21. The minimum atomic E-state index is -0.691. The van der Waals surface area contributed by atoms with Crippen LogP contribution in [0.15, 0.2) is 40.4 Å². The number of hydrogen-bond acceptors (Lipinski definition) is 7. The van der Waals surface area contributed by atoms with Crippen LogP contribution in [0.25, 0.3) is 0 Å². The molecule has 1 aromatic rings. The number of nitrogens with one attached hydrogen (secondary N) is 1. The van der Waals surface area contributed by atoms with E-state index >= 15 is 0 Å². The van der Waals surface area contributed by atoms with Gasteiger partial charge in [-0.3, -0.25) is 9.59 Å². The summed E-state index contributed by atoms with van der Waals surface area (Å²) in [5, 5.41) is 12.1. The number of hydrogen-bond donors (Lipinski definition) is 2. The molecule has 0 saturated heterocycles. The van der Waals surface area contributed by atoms with Gasteiger partial charge in [0, 0.05) is 16.6 Å². The molecule has 0 unspecified atom stereocenters. The van der Waals surface area contributed by atoms with Crippen molar-refractivity contribution in [2.75, 3.05) is 12.4 Å². The highest BCUT2D eigenvalue weighted by Crippen LogP contribution is 2.24. The highest BCUT2D eigenvalue weighted by atomic mass is 32.2. The number of allylic oxidation sites excluding steroid dienone is 1. The topological polar surface area (TPSA) is 122 Å². The zero-order valence-electron chi connectivity index (χ0n) is 17.8. The van der Waals surface area contributed by atoms with Crippen molar-refractivity contribution < 1.29 is 19.1 Å². The molecule has 2 rings (SSSR count). The molecule has 1 aliphatic rings. The Kier molecular flexibility index (Phi) is 10.1. The Morgan fingerprint density at radius 3 is 2.45 bits per heavy atom. The van der Waals surface area contributed by atoms with Gasteiger partial charge in [-0.15, -0.1) is 11.8 Å². The maximum atomic E-state index is 12.5. The zero-order valence-corrected chi connectivity index (χ0v) is 18.6. The Balaban J connectivity index is 1.91. The van der Waals surface area contributed by atoms with Crippen LogP contribution in [0.4, 0.5) is 0 Å². The van der Waals surface area contributed by atoms with Gasteiger partial charge in [0.15, 0.2) is 6.61 Å². The van der Waals surface area contributed by atoms with E-state index < -0.39 is 18.4 Å². The summed E-state index contributed by atoms with van der Waals surface area (Å²) in [6, 6.07) is 8.70. The molecule has 3 N–H and O–H groups in total. The molecule has 166 valence electrons. The van der Waals surface area contributed by atoms with Crippen molar-refractivity contribution >= 4 is 29.4 Å². The van der Waals surface area contributed by atoms with Crippen molar-refractivity contribution in [3.63, 3.8) is 0 Å². The average molecular weight is 444 g/mol. The van der Waals surface area contributed by atoms with Gasteiger partial charge in [-0.1, -0.05) is 44.2 Å². The van der Waals surface area contributed by atoms with Crippen LogP contribution in [-0.2, 0) is 14.3 Å². The molecule has 1 saturated carbocycles. The smallest absolute Gasteiger partial charge is 0.339 e. The molecule has 0 radical (unpaired) electrons. The number of rotatable bonds is 8. The molecule has 1 amide bonds. The molecule has 8 heteroatoms. The predicted octanol–water partition coefficient (Wildman–Crippen LogP) is 3.49. The second kappa shape index (κ2) is 12.8. The lowest BCUT2D eigenvalue weighted by Crippen LogP contribution is -2.36. The van der Waals surface area contributed by atoms with E-state index in [9.17, 15) is 14.4 Å². The number of carbonyl (C=O) groups is 3. The number of Topliss-reactive ketones (excluding diaryl/α,β-unsaturated/α-hetero) is 1. The number of thioether (sulfide) groups is 1. The van der Waals surface area contributed by atoms with Crippen molar-refractivity contribution in [3.05, 3.63) is 41.1 Å². The number of nitrogens with zero attached hydrogens (tertiary/aromatic N) is 1. The molecule has 0 spiro atoms. The Morgan fingerprint density at radius 2 is 1.81 bits per heavy atom. The van der Waals surface area contributed by atoms with Crippen LogP contribution in [0.1, 0.15) is 62.2 Å². The first-order valence-corrected chi connectivity index (χ1v) is 11.5. The molecule has 7 nitrogen and oxygen atoms in total. The number of nitrogens with two attached hydrogens (primary N) is 1. The predicted molar refractivity (Wildman–Crippen MR) is 119 cm³/mol. The van der Waals surface area contributed by atoms with Crippen LogP contribution in [0.5, 0.6) is 0 Å². The fourth-order valence-electron chi connectivity index (χ4n) is 3.43. The molecule has 1 fully saturated rings. The molecule has 1 aliphatic carbocycles. The second-order valence-electron chi connectivity index (χ2n) is 7.56. The van der Waals surface area contributed by atoms with Crippen LogP contribution >= 0.6 is 11.8 Å². The number of ether oxygens (including phenoxy) is 1. The highest BCUT2D eigenvalue weighted by Gasteiger charge is 2.19. The minimum absolute atomic E-state index is 0.0591. The third kappa shape index (κ3) is 8.10. The molecular weight excluding hydrogens is 414 g/mol. The van der Waals surface area contributed by atoms with Gasteiger partial charge in [-0.05, 0) is 31.9 Å². The second-order valence-corrected chi connectivity index (χ2v) is 8.58. The Bertz CT molecular complexity index is 864. The molecule has 31 heavy (non-hydrogen) atoms. The molecular formula is C23H29N3O4S. The highest BCUT2D eigenvalue weighted by molar-refractivity contribution is 8.00. The largest absolute Gasteiger partial charge is 0.454 e. The number of carbonyl (C=O) groups excluding carboxylic acids is 3. The van der Waals surface area contributed by atoms with Gasteiger partial charge in [0.05, 0.1) is 11.3 Å². The van der Waals surface area contributed by atoms with Crippen LogP contribution in [0, 0.1) is 11.3 Å². The zero-order chi connectivity index (χ0) is 22.6. The third-order valence-electron chi connectivity index (χ3n) is 5.06. The summed E-state index contributed by atoms with van der Waals surface area (Å²) in [7, 11) is 0. The average Bonchev–Trinajstić information content (AvgIpc) is 2.72. The van der Waals surface area contributed by atoms with Crippen LogP contribution in [0.3, 0.4) is 0 Å². The van der Waals surface area contributed by atoms with E-state index in [0.717, 1.165) is 25.7 Å². The van der Waals surface area contributed by atoms with E-state index in [0.29, 0.717) is 4.90 Å². The van der Waals surface area contributed by atoms with E-state index in [1.54, 1.807) is 30.3 Å². The standard InChI is InChI=1S/C23H29N3O4S/c1-16(25)19(13-24)20(27)14-30-23(29)18-11-7-8-12-21(18)31-15-22(28)26-17-9-5-3-2-4-6-10-17/h7-8,11-12,17H,2-6,9-10,14-15,25H2,1H3,(H,26,28)/b19-16-. The maximum Gasteiger partial charge on any atom is 0.339 e. The van der Waals surface area contributed by atoms with Gasteiger partial charge in [0.1, 0.15) is 11.6 Å². The van der Waals surface area contributed by atoms with Crippen molar-refractivity contribution in [1.29, 1.82) is 5.26 Å². The number of esters is 1. The number of nitriles is 1. The van der Waals surface area contributed by atoms with Crippen LogP contribution < -0.4 is 11.1 Å². The van der Waals surface area contributed by atoms with E-state index in [-0.39, 0.29) is 34.5 Å². The van der Waals surface area contributed by atoms with Gasteiger partial charge >= 0.3 is 5.97 Å². The third-order valence-corrected chi connectivity index (χ3v) is 6.13. The van der Waals surface area contributed by atoms with Crippen molar-refractivity contribution in [3.8, 4) is 6.07 Å². The fraction of sp³-hybridized carbons (Fsp3) is 0.478. The van der Waals surface area contributed by atoms with E-state index in [4.69, 9.17) is 15.7 Å². The number of ketones is 1. The first-order chi connectivity index (χ1) is 14.9. The molecule has 0 bridgehead atoms. The van der Waals surface area contributed by atoms with Crippen LogP contribution in [-0.4, -0.2) is 36.1 Å². The summed E-state index contributed by atoms with van der Waals surface area (Å²) in [6.07, 6.45) is 8.00. The molecule has 0 heterocycles. The van der Waals surface area contributed by atoms with E-state index in [1.807, 2.05) is 0 Å². The molecule has 1 aromatic carbocycles. The van der Waals surface area contributed by atoms with Gasteiger partial charge in [0.25, 0.3) is 0 Å². The monoisotopic (exact) mass is 443 g/mol. The Labute approximate surface area is 187 Å². The first kappa shape index (κ1) is 24.5. The van der Waals surface area contributed by atoms with Gasteiger partial charge in [0.2, 0.25) is 11.7 Å². The SMILES string of the molecule is C/C(N)=C(\C#N)C(=O)COC(=O)c1ccccc1SCC(=O)NC1CCCCCCC1. The summed E-state index contributed by atoms with van der Waals surface area (Å²) >= 11 is 1.25. The van der Waals surface area contributed by atoms with Gasteiger partial charge in [-0.2, -0.15) is 5.26 Å². The summed E-state index contributed by atoms with van der Waals surface area (Å²) in [5.74, 6) is -1.22. The number of amides is 1. The van der Waals surface area contributed by atoms with Crippen molar-refractivity contribution in [2.24, 2.45) is 5.73 Å². The Morgan fingerprint density at radius 1 is 1.16 bits per heavy atom. The molecule has 0 atom stereocenters. The van der Waals surface area contributed by atoms with Crippen molar-refractivity contribution in [1.82, 2.24) is 5.32 Å². The lowest BCUT2D eigenvalue weighted by atomic mass is 9.97. The van der Waals surface area contributed by atoms with E-state index in [2.05, 4.69) is 5.32 Å². The summed E-state index contributed by atoms with van der Waals surface area (Å²) in [6.45, 7) is 0.864. The lowest BCUT2D eigenvalue weighted by molar-refractivity contribution is -0.119. The van der Waals surface area contributed by atoms with Gasteiger partial charge in [-0.25, -0.2) is 4.79 Å². The quantitative estimate of drug-likeness (QED) is 0.273. The van der Waals surface area contributed by atoms with Crippen LogP contribution in [0.2, 0.25) is 0 Å². The number of benzene rings is 1. The minimum Gasteiger partial charge on any atom is -0.454 e.